The Morgan fingerprint density at radius 2 is 0.579 bits per heavy atom. The van der Waals surface area contributed by atoms with Crippen LogP contribution in [-0.2, 0) is 33.2 Å². The summed E-state index contributed by atoms with van der Waals surface area (Å²) in [7, 11) is 1.91. The minimum atomic E-state index is 0.559. The van der Waals surface area contributed by atoms with Crippen LogP contribution in [0.25, 0.3) is 0 Å². The first-order valence-electron chi connectivity index (χ1n) is 15.6. The largest absolute Gasteiger partial charge is 0.379 e. The topological polar surface area (TPSA) is 76.6 Å². The summed E-state index contributed by atoms with van der Waals surface area (Å²) in [4.78, 5) is 0. The minimum absolute atomic E-state index is 0.559. The van der Waals surface area contributed by atoms with Crippen molar-refractivity contribution in [3.8, 4) is 0 Å². The van der Waals surface area contributed by atoms with Gasteiger partial charge in [0, 0.05) is 13.2 Å². The highest BCUT2D eigenvalue weighted by molar-refractivity contribution is 4.49. The molecule has 0 rings (SSSR count). The lowest BCUT2D eigenvalue weighted by atomic mass is 10.0. The Bertz CT molecular complexity index is 369. The second-order valence-electron chi connectivity index (χ2n) is 9.63. The molecule has 0 radical (unpaired) electrons. The van der Waals surface area contributed by atoms with Crippen LogP contribution in [0.1, 0.15) is 90.4 Å². The third-order valence-corrected chi connectivity index (χ3v) is 6.12. The molecule has 8 heteroatoms. The van der Waals surface area contributed by atoms with Gasteiger partial charge in [0.1, 0.15) is 0 Å². The third-order valence-electron chi connectivity index (χ3n) is 6.12. The van der Waals surface area contributed by atoms with E-state index >= 15 is 0 Å². The van der Waals surface area contributed by atoms with E-state index in [1.54, 1.807) is 0 Å². The highest BCUT2D eigenvalue weighted by atomic mass is 16.6. The molecule has 0 atom stereocenters. The fourth-order valence-electron chi connectivity index (χ4n) is 3.82. The van der Waals surface area contributed by atoms with Gasteiger partial charge in [-0.3, -0.25) is 0 Å². The van der Waals surface area contributed by atoms with Crippen LogP contribution in [0.2, 0.25) is 0 Å². The Hall–Kier alpha value is -0.320. The molecule has 0 fully saturated rings. The summed E-state index contributed by atoms with van der Waals surface area (Å²) in [6.07, 6.45) is 17.9. The van der Waals surface area contributed by atoms with Crippen molar-refractivity contribution in [2.24, 2.45) is 0 Å². The van der Waals surface area contributed by atoms with E-state index in [4.69, 9.17) is 33.2 Å². The van der Waals surface area contributed by atoms with Crippen molar-refractivity contribution in [3.63, 3.8) is 0 Å². The Morgan fingerprint density at radius 3 is 0.895 bits per heavy atom. The quantitative estimate of drug-likeness (QED) is 0.105. The normalized spacial score (nSPS) is 11.5. The predicted molar refractivity (Wildman–Crippen MR) is 155 cm³/mol. The average Bonchev–Trinajstić information content (AvgIpc) is 2.93. The Morgan fingerprint density at radius 1 is 0.316 bits per heavy atom. The lowest BCUT2D eigenvalue weighted by molar-refractivity contribution is -0.0204. The van der Waals surface area contributed by atoms with Gasteiger partial charge >= 0.3 is 0 Å². The first-order chi connectivity index (χ1) is 18.9. The summed E-state index contributed by atoms with van der Waals surface area (Å²) < 4.78 is 38.4. The molecule has 0 aliphatic rings. The molecule has 230 valence electrons. The molecule has 0 aromatic carbocycles. The second-order valence-corrected chi connectivity index (χ2v) is 9.63. The maximum atomic E-state index is 5.66. The molecule has 0 aliphatic heterocycles. The zero-order valence-electron chi connectivity index (χ0n) is 25.2. The van der Waals surface area contributed by atoms with Crippen molar-refractivity contribution in [1.29, 1.82) is 0 Å². The number of unbranched alkanes of at least 4 members (excludes halogenated alkanes) is 12. The second kappa shape index (κ2) is 36.7. The van der Waals surface area contributed by atoms with Crippen molar-refractivity contribution in [3.05, 3.63) is 0 Å². The molecule has 0 bridgehead atoms. The van der Waals surface area contributed by atoms with Crippen molar-refractivity contribution < 1.29 is 33.2 Å². The Labute approximate surface area is 235 Å². The van der Waals surface area contributed by atoms with Crippen molar-refractivity contribution in [1.82, 2.24) is 5.32 Å². The van der Waals surface area contributed by atoms with E-state index in [1.165, 1.54) is 77.0 Å². The molecule has 0 saturated carbocycles. The van der Waals surface area contributed by atoms with Gasteiger partial charge in [-0.1, -0.05) is 84.0 Å². The number of rotatable bonds is 35. The van der Waals surface area contributed by atoms with Gasteiger partial charge in [-0.2, -0.15) is 0 Å². The van der Waals surface area contributed by atoms with Crippen LogP contribution >= 0.6 is 0 Å². The van der Waals surface area contributed by atoms with Crippen LogP contribution < -0.4 is 5.32 Å². The van der Waals surface area contributed by atoms with Gasteiger partial charge in [0.15, 0.2) is 0 Å². The molecule has 0 spiro atoms. The zero-order chi connectivity index (χ0) is 27.5. The van der Waals surface area contributed by atoms with E-state index in [0.717, 1.165) is 19.6 Å². The number of hydrogen-bond acceptors (Lipinski definition) is 8. The molecule has 0 aromatic rings. The maximum Gasteiger partial charge on any atom is 0.0701 e. The fraction of sp³-hybridized carbons (Fsp3) is 1.00. The monoisotopic (exact) mass is 549 g/mol. The average molecular weight is 550 g/mol. The maximum absolute atomic E-state index is 5.66. The molecule has 0 aliphatic carbocycles. The third kappa shape index (κ3) is 35.7. The van der Waals surface area contributed by atoms with Gasteiger partial charge in [-0.25, -0.2) is 0 Å². The highest BCUT2D eigenvalue weighted by Gasteiger charge is 1.96. The summed E-state index contributed by atoms with van der Waals surface area (Å²) >= 11 is 0. The van der Waals surface area contributed by atoms with Gasteiger partial charge in [-0.15, -0.1) is 0 Å². The smallest absolute Gasteiger partial charge is 0.0701 e. The SMILES string of the molecule is CCCCCCCCCCCCCCCOCCOCCOCCOCCOCCOCCOCCNC. The van der Waals surface area contributed by atoms with Crippen LogP contribution in [0.4, 0.5) is 0 Å². The van der Waals surface area contributed by atoms with Gasteiger partial charge in [0.25, 0.3) is 0 Å². The van der Waals surface area contributed by atoms with Crippen LogP contribution in [0.5, 0.6) is 0 Å². The molecule has 0 heterocycles. The molecule has 0 amide bonds. The summed E-state index contributed by atoms with van der Waals surface area (Å²) in [5, 5.41) is 3.03. The van der Waals surface area contributed by atoms with Crippen LogP contribution in [0.3, 0.4) is 0 Å². The molecule has 1 N–H and O–H groups in total. The highest BCUT2D eigenvalue weighted by Crippen LogP contribution is 2.12. The minimum Gasteiger partial charge on any atom is -0.379 e. The number of nitrogens with one attached hydrogen (secondary N) is 1. The van der Waals surface area contributed by atoms with Crippen molar-refractivity contribution in [2.75, 3.05) is 106 Å². The molecule has 0 unspecified atom stereocenters. The summed E-state index contributed by atoms with van der Waals surface area (Å²) in [5.74, 6) is 0. The van der Waals surface area contributed by atoms with E-state index in [2.05, 4.69) is 12.2 Å². The summed E-state index contributed by atoms with van der Waals surface area (Å²) in [5.41, 5.74) is 0. The first-order valence-corrected chi connectivity index (χ1v) is 15.6. The van der Waals surface area contributed by atoms with Crippen molar-refractivity contribution >= 4 is 0 Å². The Balaban J connectivity index is 3.01. The number of hydrogen-bond donors (Lipinski definition) is 1. The van der Waals surface area contributed by atoms with Gasteiger partial charge in [0.2, 0.25) is 0 Å². The van der Waals surface area contributed by atoms with Gasteiger partial charge < -0.3 is 38.5 Å². The first kappa shape index (κ1) is 37.7. The van der Waals surface area contributed by atoms with E-state index in [0.29, 0.717) is 85.9 Å². The van der Waals surface area contributed by atoms with E-state index in [1.807, 2.05) is 7.05 Å². The Kier molecular flexibility index (Phi) is 36.4. The number of likely N-dealkylation sites (N-methyl/N-ethyl adjacent to an activating group) is 1. The lowest BCUT2D eigenvalue weighted by Crippen LogP contribution is -2.17. The molecule has 0 saturated heterocycles. The van der Waals surface area contributed by atoms with Crippen LogP contribution in [0.15, 0.2) is 0 Å². The standard InChI is InChI=1S/C30H63NO7/c1-3-4-5-6-7-8-9-10-11-12-13-14-15-17-32-19-21-34-23-25-36-27-29-38-30-28-37-26-24-35-22-20-33-18-16-31-2/h31H,3-30H2,1-2H3. The number of ether oxygens (including phenoxy) is 7. The van der Waals surface area contributed by atoms with Crippen molar-refractivity contribution in [2.45, 2.75) is 90.4 Å². The summed E-state index contributed by atoms with van der Waals surface area (Å²) in [6, 6.07) is 0. The van der Waals surface area contributed by atoms with Crippen LogP contribution in [-0.4, -0.2) is 106 Å². The molecular weight excluding hydrogens is 486 g/mol. The predicted octanol–water partition coefficient (Wildman–Crippen LogP) is 5.41. The molecule has 38 heavy (non-hydrogen) atoms. The van der Waals surface area contributed by atoms with Gasteiger partial charge in [0.05, 0.1) is 85.9 Å². The van der Waals surface area contributed by atoms with Crippen LogP contribution in [0, 0.1) is 0 Å². The van der Waals surface area contributed by atoms with E-state index in [9.17, 15) is 0 Å². The van der Waals surface area contributed by atoms with Gasteiger partial charge in [-0.05, 0) is 13.5 Å². The zero-order valence-corrected chi connectivity index (χ0v) is 25.2. The van der Waals surface area contributed by atoms with E-state index in [-0.39, 0.29) is 0 Å². The fourth-order valence-corrected chi connectivity index (χ4v) is 3.82. The lowest BCUT2D eigenvalue weighted by Gasteiger charge is -2.08. The molecule has 0 aromatic heterocycles. The molecular formula is C30H63NO7. The summed E-state index contributed by atoms with van der Waals surface area (Å²) in [6.45, 7) is 11.7. The van der Waals surface area contributed by atoms with E-state index < -0.39 is 0 Å². The molecule has 8 nitrogen and oxygen atoms in total.